The van der Waals surface area contributed by atoms with Gasteiger partial charge in [0.05, 0.1) is 31.8 Å². The number of hydrogen-bond donors (Lipinski definition) is 0. The van der Waals surface area contributed by atoms with Crippen LogP contribution in [-0.2, 0) is 4.79 Å². The molecule has 1 aromatic heterocycles. The molecular weight excluding hydrogens is 394 g/mol. The predicted molar refractivity (Wildman–Crippen MR) is 104 cm³/mol. The Kier molecular flexibility index (Phi) is 5.43. The lowest BCUT2D eigenvalue weighted by Gasteiger charge is -2.23. The van der Waals surface area contributed by atoms with Crippen LogP contribution in [0, 0.1) is 11.3 Å². The van der Waals surface area contributed by atoms with Gasteiger partial charge in [0.1, 0.15) is 23.6 Å². The summed E-state index contributed by atoms with van der Waals surface area (Å²) in [5.74, 6) is -2.07. The number of methoxy groups -OCH3 is 1. The third kappa shape index (κ3) is 4.14. The number of ether oxygens (including phenoxy) is 2. The summed E-state index contributed by atoms with van der Waals surface area (Å²) < 4.78 is 38.6. The molecule has 4 rings (SSSR count). The van der Waals surface area contributed by atoms with Crippen molar-refractivity contribution in [3.05, 3.63) is 30.5 Å². The highest BCUT2D eigenvalue weighted by Crippen LogP contribution is 2.32. The van der Waals surface area contributed by atoms with E-state index in [4.69, 9.17) is 14.7 Å². The third-order valence-corrected chi connectivity index (χ3v) is 5.53. The molecule has 1 aromatic carbocycles. The first-order valence-corrected chi connectivity index (χ1v) is 9.77. The standard InChI is InChI=1S/C21H22F2N4O3/c1-29-15-2-3-18-17(8-15)19(4-6-25-18)30-16-5-7-26(11-16)12-20(28)27-13-21(22,23)9-14(27)10-24/h2-4,6,8,14,16H,5,7,9,11-13H2,1H3/t14-,16-/m0/s1. The van der Waals surface area contributed by atoms with E-state index in [0.29, 0.717) is 31.0 Å². The highest BCUT2D eigenvalue weighted by atomic mass is 19.3. The number of likely N-dealkylation sites (tertiary alicyclic amines) is 2. The molecule has 158 valence electrons. The van der Waals surface area contributed by atoms with Gasteiger partial charge in [0.15, 0.2) is 0 Å². The number of hydrogen-bond acceptors (Lipinski definition) is 6. The van der Waals surface area contributed by atoms with Gasteiger partial charge < -0.3 is 14.4 Å². The number of carbonyl (C=O) groups is 1. The van der Waals surface area contributed by atoms with Gasteiger partial charge >= 0.3 is 0 Å². The number of alkyl halides is 2. The monoisotopic (exact) mass is 416 g/mol. The van der Waals surface area contributed by atoms with Crippen molar-refractivity contribution < 1.29 is 23.0 Å². The molecule has 2 fully saturated rings. The van der Waals surface area contributed by atoms with Crippen molar-refractivity contribution in [2.45, 2.75) is 30.9 Å². The molecule has 7 nitrogen and oxygen atoms in total. The minimum atomic E-state index is -3.00. The van der Waals surface area contributed by atoms with Gasteiger partial charge in [0, 0.05) is 31.1 Å². The van der Waals surface area contributed by atoms with Crippen molar-refractivity contribution in [2.75, 3.05) is 33.3 Å². The highest BCUT2D eigenvalue weighted by Gasteiger charge is 2.47. The molecule has 2 saturated heterocycles. The molecule has 2 atom stereocenters. The zero-order valence-electron chi connectivity index (χ0n) is 16.6. The Labute approximate surface area is 172 Å². The van der Waals surface area contributed by atoms with Gasteiger partial charge in [-0.2, -0.15) is 5.26 Å². The van der Waals surface area contributed by atoms with Crippen molar-refractivity contribution in [1.29, 1.82) is 5.26 Å². The van der Waals surface area contributed by atoms with Crippen LogP contribution in [0.1, 0.15) is 12.8 Å². The lowest BCUT2D eigenvalue weighted by molar-refractivity contribution is -0.133. The highest BCUT2D eigenvalue weighted by molar-refractivity contribution is 5.86. The van der Waals surface area contributed by atoms with Crippen LogP contribution in [0.5, 0.6) is 11.5 Å². The Hall–Kier alpha value is -2.99. The maximum absolute atomic E-state index is 13.6. The first-order chi connectivity index (χ1) is 14.4. The number of halogens is 2. The second kappa shape index (κ2) is 8.03. The predicted octanol–water partition coefficient (Wildman–Crippen LogP) is 2.46. The van der Waals surface area contributed by atoms with Crippen LogP contribution in [-0.4, -0.2) is 72.0 Å². The van der Waals surface area contributed by atoms with Crippen LogP contribution in [0.3, 0.4) is 0 Å². The van der Waals surface area contributed by atoms with Gasteiger partial charge in [-0.25, -0.2) is 8.78 Å². The summed E-state index contributed by atoms with van der Waals surface area (Å²) >= 11 is 0. The molecule has 9 heteroatoms. The fraction of sp³-hybridized carbons (Fsp3) is 0.476. The summed E-state index contributed by atoms with van der Waals surface area (Å²) in [4.78, 5) is 19.7. The lowest BCUT2D eigenvalue weighted by atomic mass is 10.2. The van der Waals surface area contributed by atoms with E-state index in [0.717, 1.165) is 15.8 Å². The number of nitriles is 1. The zero-order chi connectivity index (χ0) is 21.3. The molecule has 0 saturated carbocycles. The summed E-state index contributed by atoms with van der Waals surface area (Å²) in [6, 6.07) is 8.09. The smallest absolute Gasteiger partial charge is 0.268 e. The molecule has 2 aliphatic heterocycles. The number of nitrogens with zero attached hydrogens (tertiary/aromatic N) is 4. The molecule has 1 amide bonds. The third-order valence-electron chi connectivity index (χ3n) is 5.53. The molecule has 0 spiro atoms. The molecule has 30 heavy (non-hydrogen) atoms. The molecule has 0 bridgehead atoms. The van der Waals surface area contributed by atoms with Gasteiger partial charge in [-0.1, -0.05) is 0 Å². The van der Waals surface area contributed by atoms with E-state index >= 15 is 0 Å². The number of pyridine rings is 1. The molecule has 0 N–H and O–H groups in total. The number of aromatic nitrogens is 1. The first-order valence-electron chi connectivity index (χ1n) is 9.77. The van der Waals surface area contributed by atoms with Gasteiger partial charge in [0.25, 0.3) is 5.92 Å². The van der Waals surface area contributed by atoms with E-state index in [-0.39, 0.29) is 12.6 Å². The fourth-order valence-electron chi connectivity index (χ4n) is 4.02. The SMILES string of the molecule is COc1ccc2nccc(O[C@H]3CCN(CC(=O)N4CC(F)(F)C[C@H]4C#N)C3)c2c1. The van der Waals surface area contributed by atoms with E-state index < -0.39 is 30.8 Å². The van der Waals surface area contributed by atoms with E-state index in [2.05, 4.69) is 4.98 Å². The summed E-state index contributed by atoms with van der Waals surface area (Å²) in [6.07, 6.45) is 1.65. The molecular formula is C21H22F2N4O3. The molecule has 0 aliphatic carbocycles. The van der Waals surface area contributed by atoms with Crippen LogP contribution < -0.4 is 9.47 Å². The van der Waals surface area contributed by atoms with Gasteiger partial charge in [-0.15, -0.1) is 0 Å². The van der Waals surface area contributed by atoms with Crippen molar-refractivity contribution in [2.24, 2.45) is 0 Å². The van der Waals surface area contributed by atoms with Crippen molar-refractivity contribution in [1.82, 2.24) is 14.8 Å². The summed E-state index contributed by atoms with van der Waals surface area (Å²) in [7, 11) is 1.59. The van der Waals surface area contributed by atoms with Crippen LogP contribution in [0.15, 0.2) is 30.5 Å². The van der Waals surface area contributed by atoms with E-state index in [1.165, 1.54) is 0 Å². The first kappa shape index (κ1) is 20.3. The van der Waals surface area contributed by atoms with E-state index in [1.54, 1.807) is 19.4 Å². The minimum absolute atomic E-state index is 0.000957. The molecule has 2 aliphatic rings. The van der Waals surface area contributed by atoms with Crippen LogP contribution in [0.2, 0.25) is 0 Å². The normalized spacial score (nSPS) is 23.5. The largest absolute Gasteiger partial charge is 0.497 e. The van der Waals surface area contributed by atoms with E-state index in [1.807, 2.05) is 29.2 Å². The number of carbonyl (C=O) groups excluding carboxylic acids is 1. The summed E-state index contributed by atoms with van der Waals surface area (Å²) in [5, 5.41) is 9.92. The number of amides is 1. The summed E-state index contributed by atoms with van der Waals surface area (Å²) in [5.41, 5.74) is 0.788. The zero-order valence-corrected chi connectivity index (χ0v) is 16.6. The second-order valence-corrected chi connectivity index (χ2v) is 7.68. The Morgan fingerprint density at radius 2 is 2.23 bits per heavy atom. The number of benzene rings is 1. The topological polar surface area (TPSA) is 78.7 Å². The number of fused-ring (bicyclic) bond motifs is 1. The molecule has 0 unspecified atom stereocenters. The van der Waals surface area contributed by atoms with Crippen LogP contribution in [0.4, 0.5) is 8.78 Å². The van der Waals surface area contributed by atoms with Gasteiger partial charge in [-0.05, 0) is 30.7 Å². The van der Waals surface area contributed by atoms with Gasteiger partial charge in [-0.3, -0.25) is 14.7 Å². The Morgan fingerprint density at radius 3 is 3.00 bits per heavy atom. The summed E-state index contributed by atoms with van der Waals surface area (Å²) in [6.45, 7) is 0.423. The Balaban J connectivity index is 1.39. The van der Waals surface area contributed by atoms with Crippen LogP contribution >= 0.6 is 0 Å². The molecule has 0 radical (unpaired) electrons. The lowest BCUT2D eigenvalue weighted by Crippen LogP contribution is -2.42. The van der Waals surface area contributed by atoms with E-state index in [9.17, 15) is 13.6 Å². The fourth-order valence-corrected chi connectivity index (χ4v) is 4.02. The Morgan fingerprint density at radius 1 is 1.40 bits per heavy atom. The van der Waals surface area contributed by atoms with Crippen molar-refractivity contribution >= 4 is 16.8 Å². The average Bonchev–Trinajstić information content (AvgIpc) is 3.30. The van der Waals surface area contributed by atoms with Gasteiger partial charge in [0.2, 0.25) is 5.91 Å². The molecule has 3 heterocycles. The Bertz CT molecular complexity index is 994. The quantitative estimate of drug-likeness (QED) is 0.745. The average molecular weight is 416 g/mol. The molecule has 2 aromatic rings. The minimum Gasteiger partial charge on any atom is -0.497 e. The van der Waals surface area contributed by atoms with Crippen molar-refractivity contribution in [3.63, 3.8) is 0 Å². The van der Waals surface area contributed by atoms with Crippen LogP contribution in [0.25, 0.3) is 10.9 Å². The second-order valence-electron chi connectivity index (χ2n) is 7.68. The van der Waals surface area contributed by atoms with Crippen molar-refractivity contribution in [3.8, 4) is 17.6 Å². The number of rotatable bonds is 5. The maximum atomic E-state index is 13.6. The maximum Gasteiger partial charge on any atom is 0.268 e.